The van der Waals surface area contributed by atoms with Crippen molar-refractivity contribution in [3.8, 4) is 22.6 Å². The zero-order valence-electron chi connectivity index (χ0n) is 15.4. The van der Waals surface area contributed by atoms with Crippen LogP contribution in [-0.4, -0.2) is 20.9 Å². The zero-order chi connectivity index (χ0) is 19.1. The predicted molar refractivity (Wildman–Crippen MR) is 103 cm³/mol. The summed E-state index contributed by atoms with van der Waals surface area (Å²) in [5.41, 5.74) is 3.05. The van der Waals surface area contributed by atoms with Gasteiger partial charge in [0.2, 0.25) is 5.91 Å². The summed E-state index contributed by atoms with van der Waals surface area (Å²) < 4.78 is 13.7. The summed E-state index contributed by atoms with van der Waals surface area (Å²) in [5, 5.41) is 3.01. The molecule has 0 radical (unpaired) electrons. The summed E-state index contributed by atoms with van der Waals surface area (Å²) in [5.74, 6) is 0.593. The molecule has 3 aromatic rings. The monoisotopic (exact) mass is 376 g/mol. The molecule has 1 amide bonds. The van der Waals surface area contributed by atoms with Gasteiger partial charge in [-0.3, -0.25) is 9.78 Å². The minimum Gasteiger partial charge on any atom is -0.349 e. The van der Waals surface area contributed by atoms with Crippen molar-refractivity contribution in [1.82, 2.24) is 20.3 Å². The van der Waals surface area contributed by atoms with Crippen LogP contribution >= 0.6 is 0 Å². The molecule has 2 saturated carbocycles. The molecule has 5 rings (SSSR count). The molecule has 1 unspecified atom stereocenters. The topological polar surface area (TPSA) is 70.7 Å². The van der Waals surface area contributed by atoms with Crippen molar-refractivity contribution in [2.45, 2.75) is 32.2 Å². The molecule has 5 nitrogen and oxygen atoms in total. The van der Waals surface area contributed by atoms with Gasteiger partial charge in [-0.15, -0.1) is 0 Å². The van der Waals surface area contributed by atoms with Gasteiger partial charge in [0.15, 0.2) is 0 Å². The normalized spacial score (nSPS) is 19.2. The van der Waals surface area contributed by atoms with Crippen molar-refractivity contribution in [1.29, 1.82) is 0 Å². The highest BCUT2D eigenvalue weighted by Gasteiger charge is 2.60. The van der Waals surface area contributed by atoms with Gasteiger partial charge in [-0.05, 0) is 48.9 Å². The van der Waals surface area contributed by atoms with E-state index in [-0.39, 0.29) is 17.6 Å². The lowest BCUT2D eigenvalue weighted by atomic mass is 9.80. The maximum absolute atomic E-state index is 13.7. The summed E-state index contributed by atoms with van der Waals surface area (Å²) in [6.45, 7) is 0.320. The molecule has 1 atom stereocenters. The first kappa shape index (κ1) is 17.1. The number of hydrogen-bond acceptors (Lipinski definition) is 3. The van der Waals surface area contributed by atoms with Crippen molar-refractivity contribution in [3.05, 3.63) is 60.3 Å². The Morgan fingerprint density at radius 1 is 1.25 bits per heavy atom. The van der Waals surface area contributed by atoms with Crippen LogP contribution < -0.4 is 5.32 Å². The lowest BCUT2D eigenvalue weighted by molar-refractivity contribution is -0.123. The standard InChI is InChI=1S/C22H21FN4O/c23-15-6-3-5-14(11-15)19-20(17-7-1-2-10-24-17)27-18(26-19)13-25-21(28)16-12-22(16)8-4-9-22/h1-3,5-7,10-11,16H,4,8-9,12-13H2,(H,25,28)(H,26,27). The first-order valence-corrected chi connectivity index (χ1v) is 9.69. The highest BCUT2D eigenvalue weighted by molar-refractivity contribution is 5.83. The number of benzene rings is 1. The fourth-order valence-electron chi connectivity index (χ4n) is 4.24. The Bertz CT molecular complexity index is 1030. The largest absolute Gasteiger partial charge is 0.349 e. The third-order valence-corrected chi connectivity index (χ3v) is 6.06. The van der Waals surface area contributed by atoms with Crippen molar-refractivity contribution < 1.29 is 9.18 Å². The molecule has 0 aliphatic heterocycles. The molecule has 2 heterocycles. The fraction of sp³-hybridized carbons (Fsp3) is 0.318. The van der Waals surface area contributed by atoms with E-state index in [2.05, 4.69) is 20.3 Å². The molecule has 6 heteroatoms. The van der Waals surface area contributed by atoms with Gasteiger partial charge >= 0.3 is 0 Å². The van der Waals surface area contributed by atoms with E-state index < -0.39 is 0 Å². The van der Waals surface area contributed by atoms with Gasteiger partial charge in [0.05, 0.1) is 23.6 Å². The second kappa shape index (κ2) is 6.55. The highest BCUT2D eigenvalue weighted by Crippen LogP contribution is 2.65. The SMILES string of the molecule is O=C(NCc1nc(-c2cccc(F)c2)c(-c2ccccn2)[nH]1)C1CC12CCC2. The number of rotatable bonds is 5. The van der Waals surface area contributed by atoms with Gasteiger partial charge in [-0.25, -0.2) is 9.37 Å². The van der Waals surface area contributed by atoms with Gasteiger partial charge in [0.1, 0.15) is 11.6 Å². The molecule has 2 aromatic heterocycles. The minimum atomic E-state index is -0.318. The lowest BCUT2D eigenvalue weighted by Gasteiger charge is -2.26. The average Bonchev–Trinajstić information content (AvgIpc) is 3.33. The van der Waals surface area contributed by atoms with Crippen molar-refractivity contribution in [2.75, 3.05) is 0 Å². The summed E-state index contributed by atoms with van der Waals surface area (Å²) in [6.07, 6.45) is 6.33. The number of nitrogens with zero attached hydrogens (tertiary/aromatic N) is 2. The second-order valence-corrected chi connectivity index (χ2v) is 7.82. The second-order valence-electron chi connectivity index (χ2n) is 7.82. The molecule has 1 spiro atoms. The molecule has 0 saturated heterocycles. The Hall–Kier alpha value is -3.02. The van der Waals surface area contributed by atoms with E-state index in [4.69, 9.17) is 0 Å². The number of carbonyl (C=O) groups is 1. The minimum absolute atomic E-state index is 0.114. The summed E-state index contributed by atoms with van der Waals surface area (Å²) >= 11 is 0. The van der Waals surface area contributed by atoms with Crippen molar-refractivity contribution in [2.24, 2.45) is 11.3 Å². The first-order valence-electron chi connectivity index (χ1n) is 9.69. The Morgan fingerprint density at radius 2 is 2.14 bits per heavy atom. The van der Waals surface area contributed by atoms with Crippen LogP contribution in [0.5, 0.6) is 0 Å². The van der Waals surface area contributed by atoms with E-state index in [1.54, 1.807) is 12.3 Å². The van der Waals surface area contributed by atoms with E-state index in [1.165, 1.54) is 31.4 Å². The van der Waals surface area contributed by atoms with Crippen molar-refractivity contribution in [3.63, 3.8) is 0 Å². The number of halogens is 1. The average molecular weight is 376 g/mol. The molecular weight excluding hydrogens is 355 g/mol. The Balaban J connectivity index is 1.40. The molecule has 2 fully saturated rings. The van der Waals surface area contributed by atoms with Crippen LogP contribution in [-0.2, 0) is 11.3 Å². The molecule has 142 valence electrons. The molecule has 28 heavy (non-hydrogen) atoms. The maximum Gasteiger partial charge on any atom is 0.224 e. The van der Waals surface area contributed by atoms with E-state index in [1.807, 2.05) is 24.3 Å². The third-order valence-electron chi connectivity index (χ3n) is 6.06. The van der Waals surface area contributed by atoms with Crippen LogP contribution in [0.4, 0.5) is 4.39 Å². The number of hydrogen-bond donors (Lipinski definition) is 2. The number of H-pyrrole nitrogens is 1. The number of carbonyl (C=O) groups excluding carboxylic acids is 1. The zero-order valence-corrected chi connectivity index (χ0v) is 15.4. The number of pyridine rings is 1. The summed E-state index contributed by atoms with van der Waals surface area (Å²) in [6, 6.07) is 12.0. The van der Waals surface area contributed by atoms with E-state index in [9.17, 15) is 9.18 Å². The quantitative estimate of drug-likeness (QED) is 0.705. The number of amides is 1. The van der Waals surface area contributed by atoms with Crippen LogP contribution in [0.2, 0.25) is 0 Å². The van der Waals surface area contributed by atoms with E-state index in [0.717, 1.165) is 17.8 Å². The molecule has 0 bridgehead atoms. The van der Waals surface area contributed by atoms with Crippen LogP contribution in [0, 0.1) is 17.2 Å². The summed E-state index contributed by atoms with van der Waals surface area (Å²) in [4.78, 5) is 24.8. The molecule has 1 aromatic carbocycles. The Labute approximate surface area is 162 Å². The number of aromatic amines is 1. The van der Waals surface area contributed by atoms with Crippen LogP contribution in [0.15, 0.2) is 48.7 Å². The van der Waals surface area contributed by atoms with Crippen LogP contribution in [0.3, 0.4) is 0 Å². The maximum atomic E-state index is 13.7. The Kier molecular flexibility index (Phi) is 4.00. The van der Waals surface area contributed by atoms with Crippen LogP contribution in [0.25, 0.3) is 22.6 Å². The molecule has 2 aliphatic carbocycles. The predicted octanol–water partition coefficient (Wildman–Crippen LogP) is 4.08. The molecule has 2 aliphatic rings. The molecular formula is C22H21FN4O. The first-order chi connectivity index (χ1) is 13.6. The smallest absolute Gasteiger partial charge is 0.224 e. The summed E-state index contributed by atoms with van der Waals surface area (Å²) in [7, 11) is 0. The van der Waals surface area contributed by atoms with Crippen molar-refractivity contribution >= 4 is 5.91 Å². The van der Waals surface area contributed by atoms with Gasteiger partial charge in [-0.1, -0.05) is 24.6 Å². The third kappa shape index (κ3) is 2.99. The van der Waals surface area contributed by atoms with Gasteiger partial charge in [0, 0.05) is 17.7 Å². The number of nitrogens with one attached hydrogen (secondary N) is 2. The highest BCUT2D eigenvalue weighted by atomic mass is 19.1. The molecule has 2 N–H and O–H groups in total. The fourth-order valence-corrected chi connectivity index (χ4v) is 4.24. The number of aromatic nitrogens is 3. The van der Waals surface area contributed by atoms with E-state index >= 15 is 0 Å². The van der Waals surface area contributed by atoms with Gasteiger partial charge in [0.25, 0.3) is 0 Å². The lowest BCUT2D eigenvalue weighted by Crippen LogP contribution is -2.29. The van der Waals surface area contributed by atoms with Crippen LogP contribution in [0.1, 0.15) is 31.5 Å². The van der Waals surface area contributed by atoms with E-state index in [0.29, 0.717) is 29.0 Å². The van der Waals surface area contributed by atoms with Gasteiger partial charge < -0.3 is 10.3 Å². The Morgan fingerprint density at radius 3 is 2.82 bits per heavy atom. The number of imidazole rings is 1. The van der Waals surface area contributed by atoms with Gasteiger partial charge in [-0.2, -0.15) is 0 Å².